The van der Waals surface area contributed by atoms with E-state index in [1.54, 1.807) is 0 Å². The zero-order valence-electron chi connectivity index (χ0n) is 11.3. The maximum Gasteiger partial charge on any atom is 0.0318 e. The highest BCUT2D eigenvalue weighted by Crippen LogP contribution is 2.31. The summed E-state index contributed by atoms with van der Waals surface area (Å²) < 4.78 is 0. The summed E-state index contributed by atoms with van der Waals surface area (Å²) in [6, 6.07) is 4.04. The Morgan fingerprint density at radius 3 is 2.56 bits per heavy atom. The molecule has 2 nitrogen and oxygen atoms in total. The summed E-state index contributed by atoms with van der Waals surface area (Å²) in [5.74, 6) is 0. The molecule has 1 aliphatic rings. The van der Waals surface area contributed by atoms with Gasteiger partial charge in [0.1, 0.15) is 0 Å². The third-order valence-electron chi connectivity index (χ3n) is 3.26. The molecule has 1 aromatic rings. The minimum absolute atomic E-state index is 0.114. The van der Waals surface area contributed by atoms with E-state index in [2.05, 4.69) is 61.3 Å². The maximum absolute atomic E-state index is 4.02. The van der Waals surface area contributed by atoms with E-state index in [0.717, 1.165) is 6.42 Å². The van der Waals surface area contributed by atoms with Crippen molar-refractivity contribution in [3.63, 3.8) is 0 Å². The number of rotatable bonds is 3. The molecule has 0 bridgehead atoms. The van der Waals surface area contributed by atoms with Crippen molar-refractivity contribution in [2.45, 2.75) is 13.3 Å². The topological polar surface area (TPSA) is 16.1 Å². The summed E-state index contributed by atoms with van der Waals surface area (Å²) >= 11 is 0. The van der Waals surface area contributed by atoms with Gasteiger partial charge in [0.25, 0.3) is 0 Å². The number of aromatic nitrogens is 1. The fourth-order valence-corrected chi connectivity index (χ4v) is 1.95. The minimum atomic E-state index is 0.114. The third kappa shape index (κ3) is 3.10. The molecule has 0 fully saturated rings. The Morgan fingerprint density at radius 1 is 1.28 bits per heavy atom. The molecular weight excluding hydrogens is 220 g/mol. The quantitative estimate of drug-likeness (QED) is 0.803. The Hall–Kier alpha value is -1.83. The van der Waals surface area contributed by atoms with Crippen molar-refractivity contribution in [2.24, 2.45) is 5.41 Å². The van der Waals surface area contributed by atoms with Crippen LogP contribution < -0.4 is 0 Å². The van der Waals surface area contributed by atoms with Crippen LogP contribution >= 0.6 is 0 Å². The lowest BCUT2D eigenvalue weighted by Gasteiger charge is -2.27. The number of hydrogen-bond donors (Lipinski definition) is 0. The van der Waals surface area contributed by atoms with Crippen LogP contribution in [0.3, 0.4) is 0 Å². The summed E-state index contributed by atoms with van der Waals surface area (Å²) in [6.45, 7) is 2.25. The molecule has 0 saturated heterocycles. The first-order chi connectivity index (χ1) is 8.59. The molecule has 2 rings (SSSR count). The van der Waals surface area contributed by atoms with Gasteiger partial charge in [-0.3, -0.25) is 4.98 Å². The zero-order chi connectivity index (χ0) is 13.0. The highest BCUT2D eigenvalue weighted by atomic mass is 15.1. The van der Waals surface area contributed by atoms with Gasteiger partial charge in [-0.15, -0.1) is 0 Å². The molecule has 18 heavy (non-hydrogen) atoms. The largest absolute Gasteiger partial charge is 0.378 e. The lowest BCUT2D eigenvalue weighted by Crippen LogP contribution is -2.17. The van der Waals surface area contributed by atoms with Gasteiger partial charge < -0.3 is 4.90 Å². The first-order valence-corrected chi connectivity index (χ1v) is 6.25. The molecule has 2 heteroatoms. The van der Waals surface area contributed by atoms with Crippen LogP contribution in [0.2, 0.25) is 0 Å². The summed E-state index contributed by atoms with van der Waals surface area (Å²) in [5.41, 5.74) is 2.59. The van der Waals surface area contributed by atoms with Gasteiger partial charge in [-0.25, -0.2) is 0 Å². The van der Waals surface area contributed by atoms with E-state index in [4.69, 9.17) is 0 Å². The summed E-state index contributed by atoms with van der Waals surface area (Å²) in [7, 11) is 4.15. The van der Waals surface area contributed by atoms with E-state index in [1.807, 2.05) is 24.5 Å². The van der Waals surface area contributed by atoms with E-state index in [0.29, 0.717) is 0 Å². The van der Waals surface area contributed by atoms with Crippen molar-refractivity contribution in [1.82, 2.24) is 9.88 Å². The Balaban J connectivity index is 2.08. The lowest BCUT2D eigenvalue weighted by molar-refractivity contribution is 0.492. The highest BCUT2D eigenvalue weighted by Gasteiger charge is 2.19. The van der Waals surface area contributed by atoms with Gasteiger partial charge in [-0.1, -0.05) is 31.2 Å². The van der Waals surface area contributed by atoms with Crippen molar-refractivity contribution < 1.29 is 0 Å². The number of allylic oxidation sites excluding steroid dienone is 4. The molecule has 0 unspecified atom stereocenters. The average molecular weight is 240 g/mol. The molecule has 0 saturated carbocycles. The SMILES string of the molecule is CN(C)C1=CC[C@](C)(/C=C/c2ccncc2)C=C1. The van der Waals surface area contributed by atoms with Crippen LogP contribution in [-0.2, 0) is 0 Å². The fourth-order valence-electron chi connectivity index (χ4n) is 1.95. The predicted molar refractivity (Wildman–Crippen MR) is 76.9 cm³/mol. The standard InChI is InChI=1S/C16H20N2/c1-16(9-4-14-7-12-17-13-8-14)10-5-15(6-11-16)18(2)3/h4-10,12-13H,11H2,1-3H3/b9-4+/t16-/m1/s1. The van der Waals surface area contributed by atoms with Gasteiger partial charge in [0.05, 0.1) is 0 Å². The second-order valence-electron chi connectivity index (χ2n) is 5.18. The van der Waals surface area contributed by atoms with Gasteiger partial charge in [0.2, 0.25) is 0 Å². The highest BCUT2D eigenvalue weighted by molar-refractivity contribution is 5.50. The van der Waals surface area contributed by atoms with E-state index >= 15 is 0 Å². The van der Waals surface area contributed by atoms with E-state index < -0.39 is 0 Å². The van der Waals surface area contributed by atoms with Gasteiger partial charge in [0, 0.05) is 37.6 Å². The van der Waals surface area contributed by atoms with Crippen LogP contribution in [0.1, 0.15) is 18.9 Å². The van der Waals surface area contributed by atoms with Crippen molar-refractivity contribution in [3.05, 3.63) is 60.1 Å². The molecule has 1 aliphatic carbocycles. The van der Waals surface area contributed by atoms with Gasteiger partial charge in [-0.05, 0) is 30.2 Å². The number of likely N-dealkylation sites (N-methyl/N-ethyl adjacent to an activating group) is 1. The van der Waals surface area contributed by atoms with Crippen LogP contribution in [-0.4, -0.2) is 24.0 Å². The van der Waals surface area contributed by atoms with Gasteiger partial charge in [0.15, 0.2) is 0 Å². The van der Waals surface area contributed by atoms with Gasteiger partial charge in [-0.2, -0.15) is 0 Å². The molecule has 94 valence electrons. The summed E-state index contributed by atoms with van der Waals surface area (Å²) in [4.78, 5) is 6.17. The molecule has 0 amide bonds. The predicted octanol–water partition coefficient (Wildman–Crippen LogP) is 3.51. The molecule has 1 atom stereocenters. The second-order valence-corrected chi connectivity index (χ2v) is 5.18. The first-order valence-electron chi connectivity index (χ1n) is 6.25. The molecule has 0 spiro atoms. The van der Waals surface area contributed by atoms with Crippen molar-refractivity contribution in [2.75, 3.05) is 14.1 Å². The fraction of sp³-hybridized carbons (Fsp3) is 0.312. The normalized spacial score (nSPS) is 23.2. The Morgan fingerprint density at radius 2 is 2.00 bits per heavy atom. The average Bonchev–Trinajstić information content (AvgIpc) is 2.38. The van der Waals surface area contributed by atoms with Crippen LogP contribution in [0.5, 0.6) is 0 Å². The smallest absolute Gasteiger partial charge is 0.0318 e. The molecule has 1 aromatic heterocycles. The maximum atomic E-state index is 4.02. The summed E-state index contributed by atoms with van der Waals surface area (Å²) in [6.07, 6.45) is 15.9. The van der Waals surface area contributed by atoms with E-state index in [9.17, 15) is 0 Å². The molecule has 0 aromatic carbocycles. The van der Waals surface area contributed by atoms with E-state index in [-0.39, 0.29) is 5.41 Å². The van der Waals surface area contributed by atoms with Crippen molar-refractivity contribution in [3.8, 4) is 0 Å². The van der Waals surface area contributed by atoms with Crippen LogP contribution in [0.15, 0.2) is 54.5 Å². The molecule has 1 heterocycles. The van der Waals surface area contributed by atoms with Crippen molar-refractivity contribution in [1.29, 1.82) is 0 Å². The number of hydrogen-bond acceptors (Lipinski definition) is 2. The molecule has 0 aliphatic heterocycles. The van der Waals surface area contributed by atoms with Crippen LogP contribution in [0.25, 0.3) is 6.08 Å². The second kappa shape index (κ2) is 5.21. The third-order valence-corrected chi connectivity index (χ3v) is 3.26. The van der Waals surface area contributed by atoms with Crippen molar-refractivity contribution >= 4 is 6.08 Å². The monoisotopic (exact) mass is 240 g/mol. The Kier molecular flexibility index (Phi) is 3.66. The molecule has 0 N–H and O–H groups in total. The summed E-state index contributed by atoms with van der Waals surface area (Å²) in [5, 5.41) is 0. The van der Waals surface area contributed by atoms with Crippen LogP contribution in [0.4, 0.5) is 0 Å². The zero-order valence-corrected chi connectivity index (χ0v) is 11.3. The minimum Gasteiger partial charge on any atom is -0.378 e. The molecule has 0 radical (unpaired) electrons. The Bertz CT molecular complexity index is 483. The molecular formula is C16H20N2. The Labute approximate surface area is 109 Å². The van der Waals surface area contributed by atoms with Gasteiger partial charge >= 0.3 is 0 Å². The van der Waals surface area contributed by atoms with Crippen LogP contribution in [0, 0.1) is 5.41 Å². The number of nitrogens with zero attached hydrogens (tertiary/aromatic N) is 2. The first kappa shape index (κ1) is 12.6. The van der Waals surface area contributed by atoms with E-state index in [1.165, 1.54) is 11.3 Å². The lowest BCUT2D eigenvalue weighted by atomic mass is 9.82. The number of pyridine rings is 1.